The van der Waals surface area contributed by atoms with Gasteiger partial charge in [0.25, 0.3) is 0 Å². The molecule has 0 amide bonds. The molecular weight excluding hydrogens is 417 g/mol. The minimum absolute atomic E-state index is 0.179. The van der Waals surface area contributed by atoms with E-state index in [2.05, 4.69) is 15.0 Å². The zero-order valence-electron chi connectivity index (χ0n) is 16.9. The molecule has 1 aliphatic rings. The van der Waals surface area contributed by atoms with Crippen molar-refractivity contribution in [3.63, 3.8) is 0 Å². The number of aliphatic hydroxyl groups excluding tert-OH is 2. The molecule has 2 aromatic heterocycles. The van der Waals surface area contributed by atoms with E-state index in [4.69, 9.17) is 15.0 Å². The third-order valence-electron chi connectivity index (χ3n) is 6.08. The highest BCUT2D eigenvalue weighted by atomic mass is 31.1. The van der Waals surface area contributed by atoms with Gasteiger partial charge in [0.15, 0.2) is 17.7 Å². The van der Waals surface area contributed by atoms with Crippen molar-refractivity contribution in [2.24, 2.45) is 0 Å². The molecule has 2 aromatic rings. The van der Waals surface area contributed by atoms with Gasteiger partial charge in [0, 0.05) is 4.57 Å². The van der Waals surface area contributed by atoms with Gasteiger partial charge >= 0.3 is 8.25 Å². The number of hydrogen-bond acceptors (Lipinski definition) is 9. The Morgan fingerprint density at radius 2 is 1.93 bits per heavy atom. The van der Waals surface area contributed by atoms with E-state index in [1.54, 1.807) is 0 Å². The maximum atomic E-state index is 11.6. The van der Waals surface area contributed by atoms with Gasteiger partial charge in [-0.3, -0.25) is 4.57 Å². The Kier molecular flexibility index (Phi) is 5.82. The number of nitrogen functional groups attached to an aromatic ring is 1. The molecule has 1 aliphatic heterocycles. The van der Waals surface area contributed by atoms with Crippen LogP contribution < -0.4 is 5.73 Å². The zero-order valence-corrected chi connectivity index (χ0v) is 18.8. The maximum absolute atomic E-state index is 11.6. The Balaban J connectivity index is 2.00. The van der Waals surface area contributed by atoms with Crippen LogP contribution in [0.5, 0.6) is 0 Å². The summed E-state index contributed by atoms with van der Waals surface area (Å²) in [5.41, 5.74) is 5.65. The Morgan fingerprint density at radius 3 is 2.52 bits per heavy atom. The molecule has 0 aromatic carbocycles. The van der Waals surface area contributed by atoms with Crippen molar-refractivity contribution in [1.82, 2.24) is 19.5 Å². The summed E-state index contributed by atoms with van der Waals surface area (Å²) < 4.78 is 24.4. The second-order valence-electron chi connectivity index (χ2n) is 8.79. The second kappa shape index (κ2) is 7.62. The van der Waals surface area contributed by atoms with Gasteiger partial charge in [-0.1, -0.05) is 33.9 Å². The Labute approximate surface area is 169 Å². The lowest BCUT2D eigenvalue weighted by Crippen LogP contribution is -2.58. The van der Waals surface area contributed by atoms with E-state index in [1.165, 1.54) is 17.2 Å². The predicted octanol–water partition coefficient (Wildman–Crippen LogP) is 1.11. The number of fused-ring (bicyclic) bond motifs is 1. The molecule has 5 N–H and O–H groups in total. The Hall–Kier alpha value is -1.53. The predicted molar refractivity (Wildman–Crippen MR) is 108 cm³/mol. The van der Waals surface area contributed by atoms with E-state index in [9.17, 15) is 19.7 Å². The largest absolute Gasteiger partial charge is 0.694 e. The molecule has 1 saturated heterocycles. The normalized spacial score (nSPS) is 27.4. The molecule has 3 heterocycles. The van der Waals surface area contributed by atoms with Crippen molar-refractivity contribution in [2.75, 3.05) is 5.73 Å². The number of nitrogens with two attached hydrogens (primary N) is 1. The summed E-state index contributed by atoms with van der Waals surface area (Å²) in [5.74, 6) is 0.179. The smallest absolute Gasteiger partial charge is 0.387 e. The molecule has 29 heavy (non-hydrogen) atoms. The number of ether oxygens (including phenoxy) is 1. The van der Waals surface area contributed by atoms with Crippen molar-refractivity contribution < 1.29 is 28.9 Å². The fourth-order valence-electron chi connectivity index (χ4n) is 3.35. The van der Waals surface area contributed by atoms with Gasteiger partial charge in [-0.05, 0) is 5.04 Å². The van der Waals surface area contributed by atoms with Crippen LogP contribution in [0.25, 0.3) is 11.2 Å². The van der Waals surface area contributed by atoms with Gasteiger partial charge in [-0.2, -0.15) is 0 Å². The van der Waals surface area contributed by atoms with Crippen LogP contribution in [0.15, 0.2) is 12.7 Å². The molecule has 13 heteroatoms. The molecule has 0 bridgehead atoms. The Bertz CT molecular complexity index is 919. The third-order valence-corrected chi connectivity index (χ3v) is 12.4. The SMILES string of the molecule is CC(C)(C)[Si](C)(C)C(O[P+](=O)O)[C@H]1O[C@@H](n2cnc3c(N)ncnc32)[C@H](O)[C@@H]1O. The first-order valence-electron chi connectivity index (χ1n) is 9.13. The number of imidazole rings is 1. The number of aliphatic hydroxyl groups is 2. The van der Waals surface area contributed by atoms with Crippen molar-refractivity contribution in [3.8, 4) is 0 Å². The van der Waals surface area contributed by atoms with Crippen molar-refractivity contribution in [1.29, 1.82) is 0 Å². The van der Waals surface area contributed by atoms with E-state index < -0.39 is 46.6 Å². The molecule has 160 valence electrons. The lowest BCUT2D eigenvalue weighted by molar-refractivity contribution is -0.0597. The van der Waals surface area contributed by atoms with Crippen LogP contribution in [0.3, 0.4) is 0 Å². The van der Waals surface area contributed by atoms with Gasteiger partial charge in [0.05, 0.1) is 14.4 Å². The van der Waals surface area contributed by atoms with Gasteiger partial charge in [0.1, 0.15) is 35.9 Å². The summed E-state index contributed by atoms with van der Waals surface area (Å²) in [6.45, 7) is 10.0. The highest BCUT2D eigenvalue weighted by Gasteiger charge is 2.58. The lowest BCUT2D eigenvalue weighted by atomic mass is 10.1. The summed E-state index contributed by atoms with van der Waals surface area (Å²) >= 11 is 0. The monoisotopic (exact) mass is 444 g/mol. The molecule has 0 radical (unpaired) electrons. The molecule has 0 aliphatic carbocycles. The fourth-order valence-corrected chi connectivity index (χ4v) is 6.94. The molecule has 3 rings (SSSR count). The number of hydrogen-bond donors (Lipinski definition) is 4. The fraction of sp³-hybridized carbons (Fsp3) is 0.688. The van der Waals surface area contributed by atoms with E-state index >= 15 is 0 Å². The first-order chi connectivity index (χ1) is 13.4. The first-order valence-corrected chi connectivity index (χ1v) is 13.3. The van der Waals surface area contributed by atoms with E-state index in [0.29, 0.717) is 11.2 Å². The average Bonchev–Trinajstić information content (AvgIpc) is 3.15. The average molecular weight is 444 g/mol. The minimum atomic E-state index is -2.94. The molecule has 11 nitrogen and oxygen atoms in total. The second-order valence-corrected chi connectivity index (χ2v) is 15.0. The number of nitrogens with zero attached hydrogens (tertiary/aromatic N) is 4. The summed E-state index contributed by atoms with van der Waals surface area (Å²) in [4.78, 5) is 21.6. The van der Waals surface area contributed by atoms with Crippen LogP contribution in [0, 0.1) is 0 Å². The van der Waals surface area contributed by atoms with Crippen LogP contribution in [-0.4, -0.2) is 66.7 Å². The molecular formula is C16H27N5O6PSi+. The van der Waals surface area contributed by atoms with Gasteiger partial charge < -0.3 is 20.7 Å². The van der Waals surface area contributed by atoms with Crippen molar-refractivity contribution in [2.45, 2.75) is 69.2 Å². The molecule has 0 saturated carbocycles. The number of rotatable bonds is 5. The standard InChI is InChI=1S/C16H26N5O6PSi/c1-16(2,3)29(4,5)15(27-28(24)25)11-9(22)10(23)14(26-11)21-7-20-8-12(17)18-6-19-13(8)21/h6-7,9-11,14-15,22-23H,1-5H3,(H2-,17,18,19,24,25)/p+1/t9-,10+,11-,14+,15?/m0/s1. The quantitative estimate of drug-likeness (QED) is 0.387. The highest BCUT2D eigenvalue weighted by molar-refractivity contribution is 7.32. The topological polar surface area (TPSA) is 166 Å². The molecule has 2 unspecified atom stereocenters. The molecule has 0 spiro atoms. The maximum Gasteiger partial charge on any atom is 0.694 e. The number of aromatic nitrogens is 4. The first kappa shape index (κ1) is 22.2. The molecule has 1 fully saturated rings. The highest BCUT2D eigenvalue weighted by Crippen LogP contribution is 2.46. The van der Waals surface area contributed by atoms with Crippen LogP contribution in [0.2, 0.25) is 18.1 Å². The number of anilines is 1. The Morgan fingerprint density at radius 1 is 1.28 bits per heavy atom. The van der Waals surface area contributed by atoms with Crippen LogP contribution in [0.4, 0.5) is 5.82 Å². The van der Waals surface area contributed by atoms with Crippen LogP contribution in [0.1, 0.15) is 27.0 Å². The van der Waals surface area contributed by atoms with Crippen molar-refractivity contribution in [3.05, 3.63) is 12.7 Å². The van der Waals surface area contributed by atoms with Gasteiger partial charge in [0.2, 0.25) is 0 Å². The summed E-state index contributed by atoms with van der Waals surface area (Å²) in [6.07, 6.45) is -2.05. The summed E-state index contributed by atoms with van der Waals surface area (Å²) in [6, 6.07) is 0. The van der Waals surface area contributed by atoms with E-state index in [1.807, 2.05) is 33.9 Å². The zero-order chi connectivity index (χ0) is 21.7. The molecule has 6 atom stereocenters. The van der Waals surface area contributed by atoms with Crippen LogP contribution in [-0.2, 0) is 13.8 Å². The summed E-state index contributed by atoms with van der Waals surface area (Å²) in [7, 11) is -5.38. The van der Waals surface area contributed by atoms with Gasteiger partial charge in [-0.25, -0.2) is 15.0 Å². The lowest BCUT2D eigenvalue weighted by Gasteiger charge is -2.42. The van der Waals surface area contributed by atoms with E-state index in [-0.39, 0.29) is 10.9 Å². The summed E-state index contributed by atoms with van der Waals surface area (Å²) in [5, 5.41) is 21.2. The van der Waals surface area contributed by atoms with Crippen molar-refractivity contribution >= 4 is 33.3 Å². The minimum Gasteiger partial charge on any atom is -0.387 e. The van der Waals surface area contributed by atoms with E-state index in [0.717, 1.165) is 0 Å². The third kappa shape index (κ3) is 3.81. The van der Waals surface area contributed by atoms with Crippen LogP contribution >= 0.6 is 8.25 Å². The van der Waals surface area contributed by atoms with Gasteiger partial charge in [-0.15, -0.1) is 9.42 Å².